The molecule has 0 amide bonds. The molecule has 2 heterocycles. The molecule has 0 aliphatic heterocycles. The van der Waals surface area contributed by atoms with Gasteiger partial charge >= 0.3 is 6.18 Å². The minimum absolute atomic E-state index is 0.163. The molecule has 2 aromatic heterocycles. The standard InChI is InChI=1S/C34H28F6N4/c1-3-20(2)43-13-12-22-14-21(10-11-31(22)43)18-41-25-7-4-6-23(15-25)33-26-8-5-9-28(34(38,39)40)32(26)42-44(33)19-27-29(36)16-24(35)17-30(27)37/h4-17,20,41H,3,18-19H2,1-2H3. The van der Waals surface area contributed by atoms with Crippen LogP contribution >= 0.6 is 0 Å². The Bertz CT molecular complexity index is 1960. The van der Waals surface area contributed by atoms with Crippen LogP contribution in [-0.2, 0) is 19.3 Å². The second kappa shape index (κ2) is 11.4. The summed E-state index contributed by atoms with van der Waals surface area (Å²) < 4.78 is 88.0. The van der Waals surface area contributed by atoms with Crippen LogP contribution in [0.1, 0.15) is 43.0 Å². The van der Waals surface area contributed by atoms with Gasteiger partial charge in [-0.05, 0) is 60.7 Å². The maximum atomic E-state index is 14.6. The van der Waals surface area contributed by atoms with Crippen molar-refractivity contribution in [2.45, 2.75) is 45.6 Å². The summed E-state index contributed by atoms with van der Waals surface area (Å²) in [5.74, 6) is -3.41. The lowest BCUT2D eigenvalue weighted by Crippen LogP contribution is -2.09. The molecule has 0 spiro atoms. The minimum Gasteiger partial charge on any atom is -0.381 e. The van der Waals surface area contributed by atoms with E-state index in [1.54, 1.807) is 18.2 Å². The Morgan fingerprint density at radius 3 is 2.36 bits per heavy atom. The highest BCUT2D eigenvalue weighted by molar-refractivity contribution is 5.96. The second-order valence-corrected chi connectivity index (χ2v) is 10.9. The zero-order valence-corrected chi connectivity index (χ0v) is 23.9. The van der Waals surface area contributed by atoms with E-state index in [1.807, 2.05) is 12.1 Å². The largest absolute Gasteiger partial charge is 0.418 e. The maximum Gasteiger partial charge on any atom is 0.418 e. The molecule has 6 aromatic rings. The van der Waals surface area contributed by atoms with Crippen molar-refractivity contribution in [3.05, 3.63) is 119 Å². The van der Waals surface area contributed by atoms with Crippen LogP contribution in [0.25, 0.3) is 33.1 Å². The van der Waals surface area contributed by atoms with Gasteiger partial charge < -0.3 is 9.88 Å². The van der Waals surface area contributed by atoms with E-state index in [2.05, 4.69) is 53.2 Å². The van der Waals surface area contributed by atoms with E-state index >= 15 is 0 Å². The first-order valence-corrected chi connectivity index (χ1v) is 14.2. The smallest absolute Gasteiger partial charge is 0.381 e. The summed E-state index contributed by atoms with van der Waals surface area (Å²) in [6.45, 7) is 4.26. The average molecular weight is 607 g/mol. The van der Waals surface area contributed by atoms with Gasteiger partial charge in [0.25, 0.3) is 0 Å². The maximum absolute atomic E-state index is 14.6. The highest BCUT2D eigenvalue weighted by atomic mass is 19.4. The predicted octanol–water partition coefficient (Wildman–Crippen LogP) is 9.73. The quantitative estimate of drug-likeness (QED) is 0.175. The van der Waals surface area contributed by atoms with Crippen molar-refractivity contribution < 1.29 is 26.3 Å². The van der Waals surface area contributed by atoms with E-state index in [-0.39, 0.29) is 16.6 Å². The molecule has 0 aliphatic rings. The lowest BCUT2D eigenvalue weighted by Gasteiger charge is -2.14. The molecule has 4 aromatic carbocycles. The number of nitrogens with zero attached hydrogens (tertiary/aromatic N) is 3. The number of hydrogen-bond acceptors (Lipinski definition) is 2. The van der Waals surface area contributed by atoms with E-state index in [0.29, 0.717) is 36.0 Å². The molecule has 10 heteroatoms. The Morgan fingerprint density at radius 1 is 0.886 bits per heavy atom. The fourth-order valence-electron chi connectivity index (χ4n) is 5.56. The van der Waals surface area contributed by atoms with Gasteiger partial charge in [0.05, 0.1) is 17.8 Å². The molecule has 0 fully saturated rings. The molecule has 226 valence electrons. The highest BCUT2D eigenvalue weighted by Gasteiger charge is 2.34. The van der Waals surface area contributed by atoms with Crippen LogP contribution in [0.15, 0.2) is 85.1 Å². The molecule has 44 heavy (non-hydrogen) atoms. The summed E-state index contributed by atoms with van der Waals surface area (Å²) in [5.41, 5.74) is 1.77. The average Bonchev–Trinajstić information content (AvgIpc) is 3.58. The molecule has 4 nitrogen and oxygen atoms in total. The monoisotopic (exact) mass is 606 g/mol. The summed E-state index contributed by atoms with van der Waals surface area (Å²) in [6.07, 6.45) is -1.60. The molecule has 1 N–H and O–H groups in total. The van der Waals surface area contributed by atoms with Crippen LogP contribution in [0.2, 0.25) is 0 Å². The van der Waals surface area contributed by atoms with Crippen molar-refractivity contribution in [3.8, 4) is 11.3 Å². The first-order chi connectivity index (χ1) is 21.0. The van der Waals surface area contributed by atoms with Crippen LogP contribution in [0.4, 0.5) is 32.0 Å². The van der Waals surface area contributed by atoms with Gasteiger partial charge in [-0.15, -0.1) is 0 Å². The Labute approximate surface area is 249 Å². The summed E-state index contributed by atoms with van der Waals surface area (Å²) in [5, 5.41) is 8.83. The molecule has 0 bridgehead atoms. The van der Waals surface area contributed by atoms with Crippen molar-refractivity contribution in [1.82, 2.24) is 14.3 Å². The lowest BCUT2D eigenvalue weighted by atomic mass is 10.0. The Kier molecular flexibility index (Phi) is 7.61. The van der Waals surface area contributed by atoms with Crippen molar-refractivity contribution in [1.29, 1.82) is 0 Å². The van der Waals surface area contributed by atoms with Gasteiger partial charge in [-0.25, -0.2) is 13.2 Å². The number of anilines is 1. The molecule has 0 saturated heterocycles. The Morgan fingerprint density at radius 2 is 1.64 bits per heavy atom. The van der Waals surface area contributed by atoms with Gasteiger partial charge in [-0.3, -0.25) is 4.68 Å². The SMILES string of the molecule is CCC(C)n1ccc2cc(CNc3cccc(-c4c5cccc(C(F)(F)F)c5nn4Cc4c(F)cc(F)cc4F)c3)ccc21. The van der Waals surface area contributed by atoms with Crippen molar-refractivity contribution in [3.63, 3.8) is 0 Å². The molecule has 0 saturated carbocycles. The van der Waals surface area contributed by atoms with Gasteiger partial charge in [-0.1, -0.05) is 37.3 Å². The van der Waals surface area contributed by atoms with Gasteiger partial charge in [-0.2, -0.15) is 18.3 Å². The minimum atomic E-state index is -4.71. The van der Waals surface area contributed by atoms with E-state index in [4.69, 9.17) is 0 Å². The van der Waals surface area contributed by atoms with Gasteiger partial charge in [0.15, 0.2) is 0 Å². The number of alkyl halides is 3. The zero-order valence-electron chi connectivity index (χ0n) is 23.9. The third-order valence-corrected chi connectivity index (χ3v) is 7.97. The number of hydrogen-bond donors (Lipinski definition) is 1. The fraction of sp³-hybridized carbons (Fsp3) is 0.206. The van der Waals surface area contributed by atoms with Gasteiger partial charge in [0.2, 0.25) is 0 Å². The number of fused-ring (bicyclic) bond motifs is 2. The summed E-state index contributed by atoms with van der Waals surface area (Å²) in [4.78, 5) is 0. The van der Waals surface area contributed by atoms with E-state index in [9.17, 15) is 26.3 Å². The number of benzene rings is 4. The first kappa shape index (κ1) is 29.3. The normalized spacial score (nSPS) is 12.7. The number of nitrogens with one attached hydrogen (secondary N) is 1. The molecular formula is C34H28F6N4. The van der Waals surface area contributed by atoms with Crippen molar-refractivity contribution in [2.75, 3.05) is 5.32 Å². The summed E-state index contributed by atoms with van der Waals surface area (Å²) >= 11 is 0. The van der Waals surface area contributed by atoms with Crippen molar-refractivity contribution >= 4 is 27.5 Å². The first-order valence-electron chi connectivity index (χ1n) is 14.2. The Hall–Kier alpha value is -4.73. The van der Waals surface area contributed by atoms with E-state index < -0.39 is 41.3 Å². The third-order valence-electron chi connectivity index (χ3n) is 7.97. The van der Waals surface area contributed by atoms with Crippen LogP contribution in [-0.4, -0.2) is 14.3 Å². The molecule has 1 unspecified atom stereocenters. The highest BCUT2D eigenvalue weighted by Crippen LogP contribution is 2.39. The van der Waals surface area contributed by atoms with Crippen LogP contribution in [0, 0.1) is 17.5 Å². The predicted molar refractivity (Wildman–Crippen MR) is 160 cm³/mol. The molecule has 0 aliphatic carbocycles. The van der Waals surface area contributed by atoms with Gasteiger partial charge in [0.1, 0.15) is 23.0 Å². The summed E-state index contributed by atoms with van der Waals surface area (Å²) in [7, 11) is 0. The Balaban J connectivity index is 1.37. The molecule has 1 atom stereocenters. The third kappa shape index (κ3) is 5.52. The lowest BCUT2D eigenvalue weighted by molar-refractivity contribution is -0.136. The fourth-order valence-corrected chi connectivity index (χ4v) is 5.56. The zero-order chi connectivity index (χ0) is 31.2. The number of aromatic nitrogens is 3. The topological polar surface area (TPSA) is 34.8 Å². The van der Waals surface area contributed by atoms with Crippen LogP contribution < -0.4 is 5.32 Å². The summed E-state index contributed by atoms with van der Waals surface area (Å²) in [6, 6.07) is 20.5. The van der Waals surface area contributed by atoms with Crippen LogP contribution in [0.3, 0.4) is 0 Å². The van der Waals surface area contributed by atoms with E-state index in [1.165, 1.54) is 12.1 Å². The van der Waals surface area contributed by atoms with Crippen molar-refractivity contribution in [2.24, 2.45) is 0 Å². The second-order valence-electron chi connectivity index (χ2n) is 10.9. The molecule has 6 rings (SSSR count). The molecule has 0 radical (unpaired) electrons. The van der Waals surface area contributed by atoms with Crippen LogP contribution in [0.5, 0.6) is 0 Å². The van der Waals surface area contributed by atoms with Gasteiger partial charge in [0, 0.05) is 58.6 Å². The van der Waals surface area contributed by atoms with E-state index in [0.717, 1.165) is 33.6 Å². The number of halogens is 6. The molecular weight excluding hydrogens is 578 g/mol. The number of rotatable bonds is 8.